The number of H-pyrrole nitrogens is 1. The van der Waals surface area contributed by atoms with Crippen LogP contribution in [-0.2, 0) is 9.53 Å². The zero-order chi connectivity index (χ0) is 19.8. The van der Waals surface area contributed by atoms with Gasteiger partial charge in [-0.15, -0.1) is 0 Å². The average Bonchev–Trinajstić information content (AvgIpc) is 3.19. The van der Waals surface area contributed by atoms with Gasteiger partial charge in [-0.2, -0.15) is 0 Å². The van der Waals surface area contributed by atoms with E-state index in [9.17, 15) is 14.4 Å². The number of benzene rings is 1. The number of ether oxygens (including phenoxy) is 2. The maximum atomic E-state index is 12.6. The molecule has 0 aliphatic rings. The molecule has 27 heavy (non-hydrogen) atoms. The molecule has 0 aliphatic carbocycles. The van der Waals surface area contributed by atoms with Crippen LogP contribution in [-0.4, -0.2) is 41.9 Å². The van der Waals surface area contributed by atoms with Gasteiger partial charge < -0.3 is 19.8 Å². The molecule has 0 spiro atoms. The summed E-state index contributed by atoms with van der Waals surface area (Å²) in [6, 6.07) is 9.19. The minimum Gasteiger partial charge on any atom is -0.493 e. The number of ketones is 1. The van der Waals surface area contributed by atoms with E-state index in [2.05, 4.69) is 10.3 Å². The summed E-state index contributed by atoms with van der Waals surface area (Å²) in [4.78, 5) is 39.7. The van der Waals surface area contributed by atoms with Gasteiger partial charge in [0.05, 0.1) is 17.9 Å². The molecular weight excluding hydrogens is 348 g/mol. The minimum absolute atomic E-state index is 0.221. The number of carbonyl (C=O) groups is 3. The Morgan fingerprint density at radius 3 is 2.48 bits per heavy atom. The molecule has 2 aromatic rings. The topological polar surface area (TPSA) is 97.5 Å². The van der Waals surface area contributed by atoms with Crippen molar-refractivity contribution < 1.29 is 23.9 Å². The van der Waals surface area contributed by atoms with Crippen LogP contribution < -0.4 is 10.1 Å². The van der Waals surface area contributed by atoms with Gasteiger partial charge >= 0.3 is 5.97 Å². The number of Topliss-reactive ketones (excluding diaryl/α,β-unsaturated/α-hetero) is 1. The summed E-state index contributed by atoms with van der Waals surface area (Å²) in [5, 5.41) is 2.68. The normalized spacial score (nSPS) is 11.7. The van der Waals surface area contributed by atoms with Crippen molar-refractivity contribution >= 4 is 17.7 Å². The fourth-order valence-corrected chi connectivity index (χ4v) is 2.46. The first-order valence-electron chi connectivity index (χ1n) is 8.80. The van der Waals surface area contributed by atoms with Gasteiger partial charge in [0.2, 0.25) is 5.78 Å². The highest BCUT2D eigenvalue weighted by molar-refractivity contribution is 6.00. The van der Waals surface area contributed by atoms with Crippen LogP contribution in [0.4, 0.5) is 0 Å². The van der Waals surface area contributed by atoms with Crippen LogP contribution in [0.5, 0.6) is 5.75 Å². The Balaban J connectivity index is 2.03. The van der Waals surface area contributed by atoms with Gasteiger partial charge in [0.25, 0.3) is 5.91 Å². The minimum atomic E-state index is -0.886. The lowest BCUT2D eigenvalue weighted by atomic mass is 10.0. The molecule has 7 heteroatoms. The highest BCUT2D eigenvalue weighted by Crippen LogP contribution is 2.18. The number of esters is 1. The molecule has 0 saturated heterocycles. The third kappa shape index (κ3) is 5.44. The van der Waals surface area contributed by atoms with E-state index >= 15 is 0 Å². The van der Waals surface area contributed by atoms with Gasteiger partial charge in [-0.25, -0.2) is 4.79 Å². The summed E-state index contributed by atoms with van der Waals surface area (Å²) in [7, 11) is 0. The zero-order valence-electron chi connectivity index (χ0n) is 15.7. The third-order valence-electron chi connectivity index (χ3n) is 3.88. The Morgan fingerprint density at radius 1 is 1.11 bits per heavy atom. The summed E-state index contributed by atoms with van der Waals surface area (Å²) in [5.74, 6) is -1.22. The molecule has 0 bridgehead atoms. The summed E-state index contributed by atoms with van der Waals surface area (Å²) in [6.45, 7) is 5.42. The van der Waals surface area contributed by atoms with E-state index in [1.807, 2.05) is 6.92 Å². The lowest BCUT2D eigenvalue weighted by molar-refractivity contribution is -0.145. The molecule has 1 atom stereocenters. The standard InChI is InChI=1S/C20H24N2O5/c1-4-26-17-10-6-5-8-14(17)19(24)22-18(13(2)3)20(25)27-12-16(23)15-9-7-11-21-15/h5-11,13,18,21H,4,12H2,1-3H3,(H,22,24)/t18-/m0/s1. The smallest absolute Gasteiger partial charge is 0.329 e. The second kappa shape index (κ2) is 9.56. The molecule has 7 nitrogen and oxygen atoms in total. The van der Waals surface area contributed by atoms with E-state index in [-0.39, 0.29) is 11.7 Å². The van der Waals surface area contributed by atoms with Gasteiger partial charge in [0.15, 0.2) is 6.61 Å². The lowest BCUT2D eigenvalue weighted by Gasteiger charge is -2.21. The molecule has 1 aromatic heterocycles. The van der Waals surface area contributed by atoms with Crippen molar-refractivity contribution in [1.29, 1.82) is 0 Å². The number of carbonyl (C=O) groups excluding carboxylic acids is 3. The number of hydrogen-bond donors (Lipinski definition) is 2. The largest absolute Gasteiger partial charge is 0.493 e. The fraction of sp³-hybridized carbons (Fsp3) is 0.350. The van der Waals surface area contributed by atoms with Crippen molar-refractivity contribution in [3.05, 3.63) is 53.9 Å². The quantitative estimate of drug-likeness (QED) is 0.521. The Kier molecular flexibility index (Phi) is 7.16. The first-order chi connectivity index (χ1) is 12.9. The summed E-state index contributed by atoms with van der Waals surface area (Å²) in [6.07, 6.45) is 1.61. The highest BCUT2D eigenvalue weighted by atomic mass is 16.5. The summed E-state index contributed by atoms with van der Waals surface area (Å²) < 4.78 is 10.6. The molecule has 0 aliphatic heterocycles. The molecule has 2 rings (SSSR count). The maximum Gasteiger partial charge on any atom is 0.329 e. The van der Waals surface area contributed by atoms with E-state index in [0.717, 1.165) is 0 Å². The number of rotatable bonds is 9. The van der Waals surface area contributed by atoms with E-state index in [1.54, 1.807) is 56.4 Å². The van der Waals surface area contributed by atoms with Gasteiger partial charge in [-0.05, 0) is 37.1 Å². The number of hydrogen-bond acceptors (Lipinski definition) is 5. The van der Waals surface area contributed by atoms with Crippen LogP contribution in [0.1, 0.15) is 41.6 Å². The molecule has 1 heterocycles. The second-order valence-electron chi connectivity index (χ2n) is 6.24. The van der Waals surface area contributed by atoms with Gasteiger partial charge in [0, 0.05) is 6.20 Å². The molecule has 1 aromatic carbocycles. The summed E-state index contributed by atoms with van der Waals surface area (Å²) >= 11 is 0. The van der Waals surface area contributed by atoms with Gasteiger partial charge in [0.1, 0.15) is 11.8 Å². The van der Waals surface area contributed by atoms with E-state index in [0.29, 0.717) is 23.6 Å². The fourth-order valence-electron chi connectivity index (χ4n) is 2.46. The van der Waals surface area contributed by atoms with Gasteiger partial charge in [-0.3, -0.25) is 9.59 Å². The molecule has 1 amide bonds. The monoisotopic (exact) mass is 372 g/mol. The summed E-state index contributed by atoms with van der Waals surface area (Å²) in [5.41, 5.74) is 0.693. The predicted molar refractivity (Wildman–Crippen MR) is 99.8 cm³/mol. The molecule has 0 unspecified atom stereocenters. The van der Waals surface area contributed by atoms with Crippen molar-refractivity contribution in [1.82, 2.24) is 10.3 Å². The molecule has 0 radical (unpaired) electrons. The Morgan fingerprint density at radius 2 is 1.85 bits per heavy atom. The van der Waals surface area contributed by atoms with Crippen LogP contribution in [0.2, 0.25) is 0 Å². The van der Waals surface area contributed by atoms with Crippen LogP contribution >= 0.6 is 0 Å². The molecule has 0 fully saturated rings. The van der Waals surface area contributed by atoms with E-state index in [1.165, 1.54) is 0 Å². The third-order valence-corrected chi connectivity index (χ3v) is 3.88. The molecule has 0 saturated carbocycles. The van der Waals surface area contributed by atoms with Crippen molar-refractivity contribution in [3.63, 3.8) is 0 Å². The van der Waals surface area contributed by atoms with Crippen LogP contribution in [0.15, 0.2) is 42.6 Å². The highest BCUT2D eigenvalue weighted by Gasteiger charge is 2.27. The second-order valence-corrected chi connectivity index (χ2v) is 6.24. The van der Waals surface area contributed by atoms with Crippen molar-refractivity contribution in [2.24, 2.45) is 5.92 Å². The van der Waals surface area contributed by atoms with Crippen molar-refractivity contribution in [2.45, 2.75) is 26.8 Å². The SMILES string of the molecule is CCOc1ccccc1C(=O)N[C@H](C(=O)OCC(=O)c1ccc[nH]1)C(C)C. The number of aromatic amines is 1. The van der Waals surface area contributed by atoms with Crippen LogP contribution in [0.3, 0.4) is 0 Å². The average molecular weight is 372 g/mol. The van der Waals surface area contributed by atoms with Crippen molar-refractivity contribution in [3.8, 4) is 5.75 Å². The van der Waals surface area contributed by atoms with Crippen LogP contribution in [0, 0.1) is 5.92 Å². The van der Waals surface area contributed by atoms with Crippen molar-refractivity contribution in [2.75, 3.05) is 13.2 Å². The number of amides is 1. The zero-order valence-corrected chi connectivity index (χ0v) is 15.7. The van der Waals surface area contributed by atoms with Gasteiger partial charge in [-0.1, -0.05) is 26.0 Å². The Hall–Kier alpha value is -3.09. The Bertz CT molecular complexity index is 783. The first-order valence-corrected chi connectivity index (χ1v) is 8.80. The molecule has 144 valence electrons. The number of nitrogens with one attached hydrogen (secondary N) is 2. The first kappa shape index (κ1) is 20.2. The lowest BCUT2D eigenvalue weighted by Crippen LogP contribution is -2.45. The van der Waals surface area contributed by atoms with Crippen LogP contribution in [0.25, 0.3) is 0 Å². The number of aromatic nitrogens is 1. The van der Waals surface area contributed by atoms with E-state index < -0.39 is 24.5 Å². The van der Waals surface area contributed by atoms with E-state index in [4.69, 9.17) is 9.47 Å². The predicted octanol–water partition coefficient (Wildman–Crippen LogP) is 2.59. The molecular formula is C20H24N2O5. The number of para-hydroxylation sites is 1. The molecule has 2 N–H and O–H groups in total. The maximum absolute atomic E-state index is 12.6. The Labute approximate surface area is 158 Å².